The van der Waals surface area contributed by atoms with Gasteiger partial charge in [0.05, 0.1) is 23.0 Å². The highest BCUT2D eigenvalue weighted by Crippen LogP contribution is 2.39. The molecular formula is C16H9F7N4O. The Morgan fingerprint density at radius 3 is 2.25 bits per heavy atom. The van der Waals surface area contributed by atoms with E-state index < -0.39 is 63.6 Å². The molecule has 3 rings (SSSR count). The van der Waals surface area contributed by atoms with Crippen LogP contribution in [0.25, 0.3) is 22.3 Å². The van der Waals surface area contributed by atoms with Gasteiger partial charge in [0.15, 0.2) is 5.52 Å². The van der Waals surface area contributed by atoms with Gasteiger partial charge in [0.1, 0.15) is 29.7 Å². The van der Waals surface area contributed by atoms with Crippen molar-refractivity contribution in [2.45, 2.75) is 19.1 Å². The van der Waals surface area contributed by atoms with Crippen molar-refractivity contribution in [3.8, 4) is 11.1 Å². The van der Waals surface area contributed by atoms with E-state index in [9.17, 15) is 35.9 Å². The highest BCUT2D eigenvalue weighted by molar-refractivity contribution is 5.95. The largest absolute Gasteiger partial charge is 0.710 e. The summed E-state index contributed by atoms with van der Waals surface area (Å²) in [5, 5.41) is 13.7. The molecule has 3 aromatic rings. The minimum atomic E-state index is -4.83. The number of nitrogens with one attached hydrogen (secondary N) is 1. The minimum Gasteiger partial charge on any atom is -0.710 e. The minimum absolute atomic E-state index is 0.0238. The molecule has 2 aromatic heterocycles. The molecule has 0 saturated carbocycles. The lowest BCUT2D eigenvalue weighted by molar-refractivity contribution is -0.579. The van der Waals surface area contributed by atoms with Gasteiger partial charge in [0.25, 0.3) is 0 Å². The van der Waals surface area contributed by atoms with Crippen molar-refractivity contribution in [3.05, 3.63) is 53.1 Å². The number of fused-ring (bicyclic) bond motifs is 1. The smallest absolute Gasteiger partial charge is 0.408 e. The molecule has 1 N–H and O–H groups in total. The molecule has 1 unspecified atom stereocenters. The summed E-state index contributed by atoms with van der Waals surface area (Å²) >= 11 is 0. The van der Waals surface area contributed by atoms with Crippen LogP contribution in [0.4, 0.5) is 36.4 Å². The average molecular weight is 406 g/mol. The Morgan fingerprint density at radius 1 is 1.07 bits per heavy atom. The van der Waals surface area contributed by atoms with E-state index in [2.05, 4.69) is 9.97 Å². The van der Waals surface area contributed by atoms with E-state index in [1.165, 1.54) is 0 Å². The first-order chi connectivity index (χ1) is 13.0. The van der Waals surface area contributed by atoms with E-state index in [1.54, 1.807) is 0 Å². The van der Waals surface area contributed by atoms with Crippen molar-refractivity contribution in [2.24, 2.45) is 0 Å². The van der Waals surface area contributed by atoms with E-state index in [0.717, 1.165) is 12.4 Å². The highest BCUT2D eigenvalue weighted by atomic mass is 19.4. The molecule has 0 bridgehead atoms. The van der Waals surface area contributed by atoms with Gasteiger partial charge in [-0.2, -0.15) is 17.6 Å². The lowest BCUT2D eigenvalue weighted by Crippen LogP contribution is -2.34. The summed E-state index contributed by atoms with van der Waals surface area (Å²) in [5.74, 6) is -6.12. The van der Waals surface area contributed by atoms with Crippen LogP contribution < -0.4 is 10.0 Å². The number of alkyl halides is 3. The van der Waals surface area contributed by atoms with E-state index >= 15 is 0 Å². The van der Waals surface area contributed by atoms with Crippen LogP contribution in [0.2, 0.25) is 0 Å². The van der Waals surface area contributed by atoms with Gasteiger partial charge in [0.2, 0.25) is 0 Å². The maximum Gasteiger partial charge on any atom is 0.408 e. The molecule has 0 radical (unpaired) electrons. The Balaban J connectivity index is 2.40. The lowest BCUT2D eigenvalue weighted by Gasteiger charge is -2.21. The third kappa shape index (κ3) is 3.37. The number of nitrogens with zero attached hydrogens (tertiary/aromatic N) is 3. The van der Waals surface area contributed by atoms with E-state index in [0.29, 0.717) is 6.92 Å². The van der Waals surface area contributed by atoms with Crippen LogP contribution in [0.3, 0.4) is 0 Å². The second-order valence-electron chi connectivity index (χ2n) is 5.73. The summed E-state index contributed by atoms with van der Waals surface area (Å²) in [6.07, 6.45) is -3.13. The molecule has 0 aliphatic rings. The summed E-state index contributed by atoms with van der Waals surface area (Å²) in [6, 6.07) is -1.86. The Morgan fingerprint density at radius 2 is 1.68 bits per heavy atom. The van der Waals surface area contributed by atoms with Crippen LogP contribution in [0.1, 0.15) is 6.92 Å². The Kier molecular flexibility index (Phi) is 4.73. The summed E-state index contributed by atoms with van der Waals surface area (Å²) in [4.78, 5) is 6.94. The molecule has 148 valence electrons. The van der Waals surface area contributed by atoms with Gasteiger partial charge in [-0.1, -0.05) is 0 Å². The normalized spacial score (nSPS) is 13.0. The number of pyridine rings is 1. The average Bonchev–Trinajstić information content (AvgIpc) is 2.56. The van der Waals surface area contributed by atoms with Gasteiger partial charge in [0, 0.05) is 12.1 Å². The fourth-order valence-corrected chi connectivity index (χ4v) is 2.50. The van der Waals surface area contributed by atoms with Crippen molar-refractivity contribution in [1.29, 1.82) is 0 Å². The van der Waals surface area contributed by atoms with E-state index in [-0.39, 0.29) is 16.9 Å². The van der Waals surface area contributed by atoms with Gasteiger partial charge >= 0.3 is 17.8 Å². The zero-order valence-electron chi connectivity index (χ0n) is 13.8. The van der Waals surface area contributed by atoms with Crippen LogP contribution in [0, 0.1) is 28.6 Å². The van der Waals surface area contributed by atoms with Gasteiger partial charge in [-0.05, 0) is 11.9 Å². The van der Waals surface area contributed by atoms with Gasteiger partial charge in [-0.15, -0.1) is 0 Å². The SMILES string of the molecule is CC(Nc1c(-c2c(F)cc(F)cc2F)c(F)nc2c1ncc[n+]2[O-])C(F)(F)F. The third-order valence-electron chi connectivity index (χ3n) is 3.83. The molecule has 0 aliphatic heterocycles. The number of anilines is 1. The van der Waals surface area contributed by atoms with E-state index in [4.69, 9.17) is 0 Å². The molecule has 5 nitrogen and oxygen atoms in total. The molecular weight excluding hydrogens is 397 g/mol. The number of hydrogen-bond acceptors (Lipinski definition) is 4. The Bertz CT molecular complexity index is 1050. The van der Waals surface area contributed by atoms with Crippen LogP contribution in [-0.4, -0.2) is 22.2 Å². The predicted octanol–water partition coefficient (Wildman–Crippen LogP) is 3.85. The number of hydrogen-bond donors (Lipinski definition) is 1. The summed E-state index contributed by atoms with van der Waals surface area (Å²) in [5.41, 5.74) is -4.32. The second kappa shape index (κ2) is 6.77. The lowest BCUT2D eigenvalue weighted by atomic mass is 10.0. The number of benzene rings is 1. The van der Waals surface area contributed by atoms with Crippen molar-refractivity contribution in [2.75, 3.05) is 5.32 Å². The van der Waals surface area contributed by atoms with Gasteiger partial charge < -0.3 is 10.5 Å². The fraction of sp³-hybridized carbons (Fsp3) is 0.188. The summed E-state index contributed by atoms with van der Waals surface area (Å²) in [7, 11) is 0. The quantitative estimate of drug-likeness (QED) is 0.311. The first-order valence-electron chi connectivity index (χ1n) is 7.56. The number of aromatic nitrogens is 3. The van der Waals surface area contributed by atoms with Crippen LogP contribution in [0.5, 0.6) is 0 Å². The van der Waals surface area contributed by atoms with E-state index in [1.807, 2.05) is 5.32 Å². The summed E-state index contributed by atoms with van der Waals surface area (Å²) in [6.45, 7) is 0.666. The van der Waals surface area contributed by atoms with Crippen LogP contribution >= 0.6 is 0 Å². The molecule has 28 heavy (non-hydrogen) atoms. The maximum atomic E-state index is 14.6. The molecule has 0 spiro atoms. The highest BCUT2D eigenvalue weighted by Gasteiger charge is 2.38. The fourth-order valence-electron chi connectivity index (χ4n) is 2.50. The number of rotatable bonds is 3. The van der Waals surface area contributed by atoms with Crippen LogP contribution in [0.15, 0.2) is 24.5 Å². The molecule has 2 heterocycles. The molecule has 0 saturated heterocycles. The first kappa shape index (κ1) is 19.6. The molecule has 0 aliphatic carbocycles. The molecule has 0 fully saturated rings. The molecule has 1 atom stereocenters. The molecule has 12 heteroatoms. The van der Waals surface area contributed by atoms with Crippen molar-refractivity contribution < 1.29 is 35.5 Å². The van der Waals surface area contributed by atoms with Gasteiger partial charge in [-0.3, -0.25) is 0 Å². The topological polar surface area (TPSA) is 64.8 Å². The van der Waals surface area contributed by atoms with Crippen molar-refractivity contribution >= 4 is 16.9 Å². The van der Waals surface area contributed by atoms with Crippen molar-refractivity contribution in [1.82, 2.24) is 9.97 Å². The maximum absolute atomic E-state index is 14.6. The summed E-state index contributed by atoms with van der Waals surface area (Å²) < 4.78 is 95.2. The first-order valence-corrected chi connectivity index (χ1v) is 7.56. The monoisotopic (exact) mass is 406 g/mol. The Labute approximate surface area is 152 Å². The zero-order valence-corrected chi connectivity index (χ0v) is 13.8. The molecule has 1 aromatic carbocycles. The van der Waals surface area contributed by atoms with Crippen LogP contribution in [-0.2, 0) is 0 Å². The second-order valence-corrected chi connectivity index (χ2v) is 5.73. The predicted molar refractivity (Wildman–Crippen MR) is 82.9 cm³/mol. The van der Waals surface area contributed by atoms with Crippen molar-refractivity contribution in [3.63, 3.8) is 0 Å². The standard InChI is InChI=1S/C16H9F7N4O/c1-6(16(21,22)23)25-12-11(10-8(18)4-7(17)5-9(10)19)14(20)26-15-13(12)24-2-3-27(15)28/h2-6H,1H3,(H,25,26). The zero-order chi connectivity index (χ0) is 20.8. The Hall–Kier alpha value is -3.18. The van der Waals surface area contributed by atoms with Gasteiger partial charge in [-0.25, -0.2) is 22.9 Å². The third-order valence-corrected chi connectivity index (χ3v) is 3.83. The number of halogens is 7. The molecule has 0 amide bonds.